The SMILES string of the molecule is COc1cc2c(cc1OC)CN(c1cc(C(=O)NCCCCc3ccccc3)c3ccccc3n1)CC2. The van der Waals surface area contributed by atoms with Crippen LogP contribution in [0.4, 0.5) is 5.82 Å². The van der Waals surface area contributed by atoms with Crippen molar-refractivity contribution in [3.63, 3.8) is 0 Å². The normalized spacial score (nSPS) is 12.8. The van der Waals surface area contributed by atoms with Crippen molar-refractivity contribution in [2.75, 3.05) is 32.2 Å². The van der Waals surface area contributed by atoms with Crippen LogP contribution in [0.2, 0.25) is 0 Å². The van der Waals surface area contributed by atoms with Gasteiger partial charge in [-0.15, -0.1) is 0 Å². The summed E-state index contributed by atoms with van der Waals surface area (Å²) in [7, 11) is 3.32. The van der Waals surface area contributed by atoms with Crippen molar-refractivity contribution in [2.24, 2.45) is 0 Å². The van der Waals surface area contributed by atoms with Crippen LogP contribution in [0, 0.1) is 0 Å². The second-order valence-electron chi connectivity index (χ2n) is 9.39. The maximum Gasteiger partial charge on any atom is 0.252 e. The van der Waals surface area contributed by atoms with E-state index in [9.17, 15) is 4.79 Å². The number of carbonyl (C=O) groups excluding carboxylic acids is 1. The standard InChI is InChI=1S/C31H33N3O3/c1-36-28-18-23-15-17-34(21-24(23)19-29(28)37-2)30-20-26(25-13-6-7-14-27(25)33-30)31(35)32-16-9-8-12-22-10-4-3-5-11-22/h3-7,10-11,13-14,18-20H,8-9,12,15-17,21H2,1-2H3,(H,32,35). The number of aromatic nitrogens is 1. The van der Waals surface area contributed by atoms with E-state index in [1.165, 1.54) is 16.7 Å². The molecule has 0 radical (unpaired) electrons. The summed E-state index contributed by atoms with van der Waals surface area (Å²) in [5.74, 6) is 2.24. The second-order valence-corrected chi connectivity index (χ2v) is 9.39. The summed E-state index contributed by atoms with van der Waals surface area (Å²) in [6, 6.07) is 24.4. The Hall–Kier alpha value is -4.06. The number of pyridine rings is 1. The van der Waals surface area contributed by atoms with Gasteiger partial charge in [-0.05, 0) is 66.6 Å². The van der Waals surface area contributed by atoms with Crippen LogP contribution in [0.15, 0.2) is 72.8 Å². The number of hydrogen-bond donors (Lipinski definition) is 1. The Balaban J connectivity index is 1.32. The number of anilines is 1. The Kier molecular flexibility index (Phi) is 7.54. The van der Waals surface area contributed by atoms with Crippen LogP contribution in [0.3, 0.4) is 0 Å². The van der Waals surface area contributed by atoms with Crippen molar-refractivity contribution in [1.82, 2.24) is 10.3 Å². The summed E-state index contributed by atoms with van der Waals surface area (Å²) < 4.78 is 11.0. The van der Waals surface area contributed by atoms with Gasteiger partial charge < -0.3 is 19.7 Å². The summed E-state index contributed by atoms with van der Waals surface area (Å²) >= 11 is 0. The Morgan fingerprint density at radius 1 is 0.919 bits per heavy atom. The zero-order valence-corrected chi connectivity index (χ0v) is 21.5. The molecule has 1 aromatic heterocycles. The van der Waals surface area contributed by atoms with E-state index in [1.807, 2.05) is 42.5 Å². The van der Waals surface area contributed by atoms with Gasteiger partial charge in [0.05, 0.1) is 25.3 Å². The number of aryl methyl sites for hydroxylation is 1. The monoisotopic (exact) mass is 495 g/mol. The number of rotatable bonds is 9. The summed E-state index contributed by atoms with van der Waals surface area (Å²) in [5.41, 5.74) is 5.26. The number of carbonyl (C=O) groups is 1. The van der Waals surface area contributed by atoms with Gasteiger partial charge in [0.2, 0.25) is 0 Å². The van der Waals surface area contributed by atoms with Crippen molar-refractivity contribution < 1.29 is 14.3 Å². The first kappa shape index (κ1) is 24.6. The molecule has 5 rings (SSSR count). The molecule has 4 aromatic rings. The second kappa shape index (κ2) is 11.3. The lowest BCUT2D eigenvalue weighted by Gasteiger charge is -2.31. The molecule has 37 heavy (non-hydrogen) atoms. The van der Waals surface area contributed by atoms with Crippen molar-refractivity contribution in [1.29, 1.82) is 0 Å². The lowest BCUT2D eigenvalue weighted by atomic mass is 9.98. The third kappa shape index (κ3) is 5.53. The van der Waals surface area contributed by atoms with Crippen LogP contribution >= 0.6 is 0 Å². The number of fused-ring (bicyclic) bond motifs is 2. The van der Waals surface area contributed by atoms with Crippen molar-refractivity contribution >= 4 is 22.6 Å². The molecule has 1 amide bonds. The van der Waals surface area contributed by atoms with Gasteiger partial charge in [0.25, 0.3) is 5.91 Å². The molecule has 6 heteroatoms. The van der Waals surface area contributed by atoms with Crippen LogP contribution in [-0.2, 0) is 19.4 Å². The number of hydrogen-bond acceptors (Lipinski definition) is 5. The van der Waals surface area contributed by atoms with Crippen molar-refractivity contribution in [3.05, 3.63) is 95.1 Å². The van der Waals surface area contributed by atoms with Gasteiger partial charge >= 0.3 is 0 Å². The maximum atomic E-state index is 13.3. The fraction of sp³-hybridized carbons (Fsp3) is 0.290. The smallest absolute Gasteiger partial charge is 0.252 e. The molecule has 0 fully saturated rings. The van der Waals surface area contributed by atoms with Gasteiger partial charge in [-0.25, -0.2) is 4.98 Å². The first-order chi connectivity index (χ1) is 18.2. The highest BCUT2D eigenvalue weighted by molar-refractivity contribution is 6.07. The minimum absolute atomic E-state index is 0.0524. The Bertz CT molecular complexity index is 1390. The van der Waals surface area contributed by atoms with E-state index in [2.05, 4.69) is 40.5 Å². The van der Waals surface area contributed by atoms with E-state index < -0.39 is 0 Å². The fourth-order valence-electron chi connectivity index (χ4n) is 4.99. The molecule has 0 saturated carbocycles. The zero-order valence-electron chi connectivity index (χ0n) is 21.5. The van der Waals surface area contributed by atoms with Gasteiger partial charge in [-0.3, -0.25) is 4.79 Å². The number of amides is 1. The van der Waals surface area contributed by atoms with Crippen LogP contribution in [0.1, 0.15) is 39.9 Å². The zero-order chi connectivity index (χ0) is 25.6. The predicted octanol–water partition coefficient (Wildman–Crippen LogP) is 5.57. The molecule has 2 heterocycles. The minimum Gasteiger partial charge on any atom is -0.493 e. The summed E-state index contributed by atoms with van der Waals surface area (Å²) in [5, 5.41) is 4.01. The van der Waals surface area contributed by atoms with E-state index in [0.29, 0.717) is 18.7 Å². The van der Waals surface area contributed by atoms with E-state index in [1.54, 1.807) is 14.2 Å². The molecule has 190 valence electrons. The lowest BCUT2D eigenvalue weighted by Crippen LogP contribution is -2.32. The summed E-state index contributed by atoms with van der Waals surface area (Å²) in [6.07, 6.45) is 3.86. The minimum atomic E-state index is -0.0524. The number of nitrogens with one attached hydrogen (secondary N) is 1. The third-order valence-corrected chi connectivity index (χ3v) is 7.01. The molecule has 0 atom stereocenters. The number of nitrogens with zero attached hydrogens (tertiary/aromatic N) is 2. The third-order valence-electron chi connectivity index (χ3n) is 7.01. The van der Waals surface area contributed by atoms with E-state index in [-0.39, 0.29) is 5.91 Å². The molecule has 0 aliphatic carbocycles. The Morgan fingerprint density at radius 3 is 2.43 bits per heavy atom. The van der Waals surface area contributed by atoms with E-state index >= 15 is 0 Å². The fourth-order valence-corrected chi connectivity index (χ4v) is 4.99. The van der Waals surface area contributed by atoms with Gasteiger partial charge in [-0.2, -0.15) is 0 Å². The molecule has 1 N–H and O–H groups in total. The Labute approximate surface area is 218 Å². The number of ether oxygens (including phenoxy) is 2. The largest absolute Gasteiger partial charge is 0.493 e. The maximum absolute atomic E-state index is 13.3. The van der Waals surface area contributed by atoms with Crippen LogP contribution in [0.5, 0.6) is 11.5 Å². The van der Waals surface area contributed by atoms with E-state index in [0.717, 1.165) is 60.4 Å². The Morgan fingerprint density at radius 2 is 1.65 bits per heavy atom. The first-order valence-corrected chi connectivity index (χ1v) is 12.9. The highest BCUT2D eigenvalue weighted by Crippen LogP contribution is 2.34. The molecular formula is C31H33N3O3. The number of benzene rings is 3. The highest BCUT2D eigenvalue weighted by atomic mass is 16.5. The van der Waals surface area contributed by atoms with Crippen LogP contribution in [-0.4, -0.2) is 38.2 Å². The molecular weight excluding hydrogens is 462 g/mol. The quantitative estimate of drug-likeness (QED) is 0.308. The number of para-hydroxylation sites is 1. The average Bonchev–Trinajstić information content (AvgIpc) is 2.95. The molecule has 0 bridgehead atoms. The molecule has 0 spiro atoms. The number of methoxy groups -OCH3 is 2. The lowest BCUT2D eigenvalue weighted by molar-refractivity contribution is 0.0954. The van der Waals surface area contributed by atoms with Gasteiger partial charge in [-0.1, -0.05) is 48.5 Å². The molecule has 0 unspecified atom stereocenters. The van der Waals surface area contributed by atoms with Gasteiger partial charge in [0.1, 0.15) is 5.82 Å². The average molecular weight is 496 g/mol. The van der Waals surface area contributed by atoms with Gasteiger partial charge in [0.15, 0.2) is 11.5 Å². The first-order valence-electron chi connectivity index (χ1n) is 12.9. The topological polar surface area (TPSA) is 63.7 Å². The van der Waals surface area contributed by atoms with Crippen LogP contribution < -0.4 is 19.7 Å². The van der Waals surface area contributed by atoms with Crippen molar-refractivity contribution in [3.8, 4) is 11.5 Å². The molecule has 3 aromatic carbocycles. The summed E-state index contributed by atoms with van der Waals surface area (Å²) in [6.45, 7) is 2.16. The molecule has 0 saturated heterocycles. The van der Waals surface area contributed by atoms with Crippen LogP contribution in [0.25, 0.3) is 10.9 Å². The molecule has 1 aliphatic rings. The highest BCUT2D eigenvalue weighted by Gasteiger charge is 2.22. The van der Waals surface area contributed by atoms with Gasteiger partial charge in [0, 0.05) is 25.0 Å². The predicted molar refractivity (Wildman–Crippen MR) is 148 cm³/mol. The molecule has 1 aliphatic heterocycles. The summed E-state index contributed by atoms with van der Waals surface area (Å²) in [4.78, 5) is 20.4. The van der Waals surface area contributed by atoms with Crippen molar-refractivity contribution in [2.45, 2.75) is 32.2 Å². The van der Waals surface area contributed by atoms with E-state index in [4.69, 9.17) is 14.5 Å². The number of unbranched alkanes of at least 4 members (excludes halogenated alkanes) is 1. The molecule has 6 nitrogen and oxygen atoms in total.